The van der Waals surface area contributed by atoms with Crippen LogP contribution in [0.4, 0.5) is 0 Å². The molecule has 1 aromatic carbocycles. The van der Waals surface area contributed by atoms with Crippen LogP contribution in [-0.4, -0.2) is 17.0 Å². The SMILES string of the molecule is CC(=NO)c1ccc(C)cc1OC1CCCCC1. The van der Waals surface area contributed by atoms with Gasteiger partial charge in [-0.3, -0.25) is 0 Å². The van der Waals surface area contributed by atoms with Gasteiger partial charge in [-0.25, -0.2) is 0 Å². The lowest BCUT2D eigenvalue weighted by molar-refractivity contribution is 0.154. The van der Waals surface area contributed by atoms with Crippen LogP contribution < -0.4 is 4.74 Å². The third-order valence-corrected chi connectivity index (χ3v) is 3.52. The van der Waals surface area contributed by atoms with Crippen LogP contribution in [0.15, 0.2) is 23.4 Å². The molecule has 98 valence electrons. The van der Waals surface area contributed by atoms with E-state index in [1.165, 1.54) is 19.3 Å². The van der Waals surface area contributed by atoms with Crippen LogP contribution in [0.5, 0.6) is 5.75 Å². The van der Waals surface area contributed by atoms with Crippen molar-refractivity contribution in [3.63, 3.8) is 0 Å². The minimum Gasteiger partial charge on any atom is -0.490 e. The summed E-state index contributed by atoms with van der Waals surface area (Å²) in [5.74, 6) is 0.845. The molecule has 0 aromatic heterocycles. The summed E-state index contributed by atoms with van der Waals surface area (Å²) in [7, 11) is 0. The third kappa shape index (κ3) is 3.03. The molecule has 2 rings (SSSR count). The van der Waals surface area contributed by atoms with E-state index in [2.05, 4.69) is 5.16 Å². The highest BCUT2D eigenvalue weighted by atomic mass is 16.5. The fourth-order valence-corrected chi connectivity index (χ4v) is 2.44. The van der Waals surface area contributed by atoms with Gasteiger partial charge in [-0.05, 0) is 57.2 Å². The summed E-state index contributed by atoms with van der Waals surface area (Å²) in [6.07, 6.45) is 6.38. The maximum atomic E-state index is 8.92. The summed E-state index contributed by atoms with van der Waals surface area (Å²) in [4.78, 5) is 0. The Labute approximate surface area is 108 Å². The Morgan fingerprint density at radius 3 is 2.67 bits per heavy atom. The molecule has 3 nitrogen and oxygen atoms in total. The Kier molecular flexibility index (Phi) is 4.24. The zero-order chi connectivity index (χ0) is 13.0. The summed E-state index contributed by atoms with van der Waals surface area (Å²) in [6.45, 7) is 3.83. The van der Waals surface area contributed by atoms with Gasteiger partial charge in [-0.2, -0.15) is 0 Å². The fourth-order valence-electron chi connectivity index (χ4n) is 2.44. The smallest absolute Gasteiger partial charge is 0.129 e. The average molecular weight is 247 g/mol. The zero-order valence-corrected chi connectivity index (χ0v) is 11.1. The van der Waals surface area contributed by atoms with Crippen molar-refractivity contribution in [3.8, 4) is 5.75 Å². The molecule has 0 heterocycles. The normalized spacial score (nSPS) is 17.8. The number of hydrogen-bond donors (Lipinski definition) is 1. The number of aryl methyl sites for hydroxylation is 1. The number of rotatable bonds is 3. The highest BCUT2D eigenvalue weighted by Crippen LogP contribution is 2.27. The van der Waals surface area contributed by atoms with Crippen molar-refractivity contribution in [3.05, 3.63) is 29.3 Å². The van der Waals surface area contributed by atoms with Crippen molar-refractivity contribution in [2.45, 2.75) is 52.1 Å². The van der Waals surface area contributed by atoms with Gasteiger partial charge in [-0.15, -0.1) is 0 Å². The van der Waals surface area contributed by atoms with Crippen LogP contribution in [0, 0.1) is 6.92 Å². The summed E-state index contributed by atoms with van der Waals surface area (Å²) >= 11 is 0. The van der Waals surface area contributed by atoms with Crippen molar-refractivity contribution in [2.24, 2.45) is 5.16 Å². The predicted octanol–water partition coefficient (Wildman–Crippen LogP) is 3.90. The standard InChI is InChI=1S/C15H21NO2/c1-11-8-9-14(12(2)16-17)15(10-11)18-13-6-4-3-5-7-13/h8-10,13,17H,3-7H2,1-2H3. The second-order valence-electron chi connectivity index (χ2n) is 5.06. The van der Waals surface area contributed by atoms with E-state index in [4.69, 9.17) is 9.94 Å². The Morgan fingerprint density at radius 1 is 1.28 bits per heavy atom. The Hall–Kier alpha value is -1.51. The van der Waals surface area contributed by atoms with Gasteiger partial charge >= 0.3 is 0 Å². The topological polar surface area (TPSA) is 41.8 Å². The van der Waals surface area contributed by atoms with Gasteiger partial charge in [0.25, 0.3) is 0 Å². The number of hydrogen-bond acceptors (Lipinski definition) is 3. The third-order valence-electron chi connectivity index (χ3n) is 3.52. The minimum atomic E-state index is 0.311. The molecule has 0 atom stereocenters. The fraction of sp³-hybridized carbons (Fsp3) is 0.533. The second-order valence-corrected chi connectivity index (χ2v) is 5.06. The van der Waals surface area contributed by atoms with E-state index in [-0.39, 0.29) is 0 Å². The van der Waals surface area contributed by atoms with Crippen LogP contribution >= 0.6 is 0 Å². The lowest BCUT2D eigenvalue weighted by atomic mass is 9.97. The van der Waals surface area contributed by atoms with Gasteiger partial charge in [0.1, 0.15) is 5.75 Å². The van der Waals surface area contributed by atoms with Gasteiger partial charge in [-0.1, -0.05) is 17.6 Å². The summed E-state index contributed by atoms with van der Waals surface area (Å²) in [6, 6.07) is 6.00. The lowest BCUT2D eigenvalue weighted by Crippen LogP contribution is -2.20. The first-order valence-corrected chi connectivity index (χ1v) is 6.67. The van der Waals surface area contributed by atoms with Crippen molar-refractivity contribution < 1.29 is 9.94 Å². The van der Waals surface area contributed by atoms with Crippen LogP contribution in [0.2, 0.25) is 0 Å². The van der Waals surface area contributed by atoms with Gasteiger partial charge in [0.05, 0.1) is 11.8 Å². The molecule has 0 radical (unpaired) electrons. The van der Waals surface area contributed by atoms with E-state index >= 15 is 0 Å². The summed E-state index contributed by atoms with van der Waals surface area (Å²) in [5.41, 5.74) is 2.64. The van der Waals surface area contributed by atoms with Crippen LogP contribution in [0.25, 0.3) is 0 Å². The Bertz CT molecular complexity index is 434. The maximum Gasteiger partial charge on any atom is 0.129 e. The highest BCUT2D eigenvalue weighted by Gasteiger charge is 2.17. The Balaban J connectivity index is 2.21. The van der Waals surface area contributed by atoms with E-state index in [1.807, 2.05) is 25.1 Å². The quantitative estimate of drug-likeness (QED) is 0.500. The van der Waals surface area contributed by atoms with Gasteiger partial charge in [0.15, 0.2) is 0 Å². The molecular weight excluding hydrogens is 226 g/mol. The summed E-state index contributed by atoms with van der Waals surface area (Å²) in [5, 5.41) is 12.2. The first-order valence-electron chi connectivity index (χ1n) is 6.67. The lowest BCUT2D eigenvalue weighted by Gasteiger charge is -2.24. The number of oxime groups is 1. The van der Waals surface area contributed by atoms with Gasteiger partial charge in [0.2, 0.25) is 0 Å². The van der Waals surface area contributed by atoms with E-state index in [0.29, 0.717) is 11.8 Å². The largest absolute Gasteiger partial charge is 0.490 e. The molecule has 1 aliphatic carbocycles. The molecule has 18 heavy (non-hydrogen) atoms. The molecule has 1 fully saturated rings. The zero-order valence-electron chi connectivity index (χ0n) is 11.1. The highest BCUT2D eigenvalue weighted by molar-refractivity contribution is 6.00. The molecule has 0 amide bonds. The molecule has 1 N–H and O–H groups in total. The second kappa shape index (κ2) is 5.89. The molecule has 0 bridgehead atoms. The molecule has 0 spiro atoms. The number of nitrogens with zero attached hydrogens (tertiary/aromatic N) is 1. The molecule has 1 saturated carbocycles. The van der Waals surface area contributed by atoms with Crippen molar-refractivity contribution in [2.75, 3.05) is 0 Å². The molecule has 3 heteroatoms. The van der Waals surface area contributed by atoms with E-state index in [1.54, 1.807) is 6.92 Å². The molecule has 1 aliphatic rings. The molecule has 0 unspecified atom stereocenters. The van der Waals surface area contributed by atoms with Gasteiger partial charge < -0.3 is 9.94 Å². The monoisotopic (exact) mass is 247 g/mol. The maximum absolute atomic E-state index is 8.92. The van der Waals surface area contributed by atoms with Crippen LogP contribution in [0.1, 0.15) is 50.2 Å². The first-order chi connectivity index (χ1) is 8.70. The average Bonchev–Trinajstić information content (AvgIpc) is 2.39. The Morgan fingerprint density at radius 2 is 2.00 bits per heavy atom. The van der Waals surface area contributed by atoms with Gasteiger partial charge in [0, 0.05) is 5.56 Å². The first kappa shape index (κ1) is 12.9. The molecule has 0 aliphatic heterocycles. The summed E-state index contributed by atoms with van der Waals surface area (Å²) < 4.78 is 6.10. The predicted molar refractivity (Wildman–Crippen MR) is 72.7 cm³/mol. The molecule has 0 saturated heterocycles. The van der Waals surface area contributed by atoms with Crippen LogP contribution in [0.3, 0.4) is 0 Å². The van der Waals surface area contributed by atoms with Crippen molar-refractivity contribution in [1.29, 1.82) is 0 Å². The van der Waals surface area contributed by atoms with Crippen molar-refractivity contribution >= 4 is 5.71 Å². The van der Waals surface area contributed by atoms with Crippen molar-refractivity contribution in [1.82, 2.24) is 0 Å². The number of benzene rings is 1. The minimum absolute atomic E-state index is 0.311. The molecule has 1 aromatic rings. The molecular formula is C15H21NO2. The number of ether oxygens (including phenoxy) is 1. The van der Waals surface area contributed by atoms with E-state index in [9.17, 15) is 0 Å². The van der Waals surface area contributed by atoms with E-state index in [0.717, 1.165) is 29.7 Å². The van der Waals surface area contributed by atoms with Crippen LogP contribution in [-0.2, 0) is 0 Å². The van der Waals surface area contributed by atoms with E-state index < -0.39 is 0 Å².